The summed E-state index contributed by atoms with van der Waals surface area (Å²) in [4.78, 5) is 14.8. The van der Waals surface area contributed by atoms with Crippen LogP contribution in [0.15, 0.2) is 30.3 Å². The number of carbonyl (C=O) groups excluding carboxylic acids is 1. The molecule has 3 nitrogen and oxygen atoms in total. The number of benzene rings is 1. The van der Waals surface area contributed by atoms with Gasteiger partial charge in [0, 0.05) is 19.1 Å². The molecule has 1 aromatic rings. The molecule has 1 N–H and O–H groups in total. The minimum absolute atomic E-state index is 0.259. The molecule has 2 aliphatic heterocycles. The molecule has 0 unspecified atom stereocenters. The fourth-order valence-corrected chi connectivity index (χ4v) is 3.39. The maximum atomic E-state index is 12.8. The number of hydrogen-bond acceptors (Lipinski definition) is 2. The van der Waals surface area contributed by atoms with Crippen molar-refractivity contribution in [2.45, 2.75) is 31.7 Å². The fourth-order valence-electron chi connectivity index (χ4n) is 3.39. The molecule has 0 radical (unpaired) electrons. The molecule has 2 saturated heterocycles. The van der Waals surface area contributed by atoms with E-state index in [9.17, 15) is 4.79 Å². The van der Waals surface area contributed by atoms with Crippen molar-refractivity contribution in [2.75, 3.05) is 19.6 Å². The van der Waals surface area contributed by atoms with Crippen molar-refractivity contribution >= 4 is 5.91 Å². The Morgan fingerprint density at radius 1 is 1.26 bits per heavy atom. The molecule has 0 spiro atoms. The average molecular weight is 258 g/mol. The zero-order valence-corrected chi connectivity index (χ0v) is 11.7. The maximum absolute atomic E-state index is 12.8. The van der Waals surface area contributed by atoms with Gasteiger partial charge in [0.05, 0.1) is 5.41 Å². The van der Waals surface area contributed by atoms with E-state index < -0.39 is 5.41 Å². The minimum atomic E-state index is -0.431. The van der Waals surface area contributed by atoms with E-state index in [2.05, 4.69) is 10.2 Å². The minimum Gasteiger partial charge on any atom is -0.340 e. The first-order valence-corrected chi connectivity index (χ1v) is 7.17. The molecule has 3 rings (SSSR count). The summed E-state index contributed by atoms with van der Waals surface area (Å²) in [6, 6.07) is 10.6. The van der Waals surface area contributed by atoms with Gasteiger partial charge < -0.3 is 10.2 Å². The first-order valence-electron chi connectivity index (χ1n) is 7.17. The van der Waals surface area contributed by atoms with Gasteiger partial charge in [-0.05, 0) is 38.3 Å². The third-order valence-electron chi connectivity index (χ3n) is 4.68. The Kier molecular flexibility index (Phi) is 3.09. The van der Waals surface area contributed by atoms with Crippen LogP contribution in [0.4, 0.5) is 0 Å². The summed E-state index contributed by atoms with van der Waals surface area (Å²) in [5.74, 6) is 0.922. The van der Waals surface area contributed by atoms with Crippen LogP contribution >= 0.6 is 0 Å². The van der Waals surface area contributed by atoms with E-state index in [1.54, 1.807) is 0 Å². The highest BCUT2D eigenvalue weighted by atomic mass is 16.2. The van der Waals surface area contributed by atoms with Gasteiger partial charge in [-0.1, -0.05) is 30.3 Å². The summed E-state index contributed by atoms with van der Waals surface area (Å²) in [5.41, 5.74) is 0.671. The lowest BCUT2D eigenvalue weighted by Gasteiger charge is -2.30. The number of fused-ring (bicyclic) bond motifs is 1. The molecule has 1 amide bonds. The number of rotatable bonds is 2. The second kappa shape index (κ2) is 4.64. The monoisotopic (exact) mass is 258 g/mol. The van der Waals surface area contributed by atoms with Crippen LogP contribution in [0.25, 0.3) is 0 Å². The van der Waals surface area contributed by atoms with Gasteiger partial charge in [0.25, 0.3) is 0 Å². The summed E-state index contributed by atoms with van der Waals surface area (Å²) in [6.07, 6.45) is 1.21. The number of hydrogen-bond donors (Lipinski definition) is 1. The summed E-state index contributed by atoms with van der Waals surface area (Å²) in [5, 5.41) is 3.50. The van der Waals surface area contributed by atoms with Crippen molar-refractivity contribution in [3.63, 3.8) is 0 Å². The first kappa shape index (κ1) is 12.7. The summed E-state index contributed by atoms with van der Waals surface area (Å²) >= 11 is 0. The van der Waals surface area contributed by atoms with Gasteiger partial charge in [0.15, 0.2) is 0 Å². The molecule has 3 heteroatoms. The van der Waals surface area contributed by atoms with Gasteiger partial charge in [0.1, 0.15) is 0 Å². The molecule has 0 aromatic heterocycles. The van der Waals surface area contributed by atoms with Gasteiger partial charge in [-0.2, -0.15) is 0 Å². The van der Waals surface area contributed by atoms with Crippen molar-refractivity contribution in [3.05, 3.63) is 35.9 Å². The van der Waals surface area contributed by atoms with Crippen LogP contribution in [0, 0.1) is 5.92 Å². The zero-order valence-electron chi connectivity index (χ0n) is 11.7. The topological polar surface area (TPSA) is 32.3 Å². The molecule has 0 bridgehead atoms. The van der Waals surface area contributed by atoms with E-state index in [-0.39, 0.29) is 5.91 Å². The Morgan fingerprint density at radius 3 is 2.68 bits per heavy atom. The van der Waals surface area contributed by atoms with Crippen molar-refractivity contribution in [3.8, 4) is 0 Å². The first-order chi connectivity index (χ1) is 9.09. The molecule has 2 heterocycles. The zero-order chi connectivity index (χ0) is 13.5. The van der Waals surface area contributed by atoms with Crippen LogP contribution in [0.3, 0.4) is 0 Å². The maximum Gasteiger partial charge on any atom is 0.232 e. The molecule has 2 fully saturated rings. The van der Waals surface area contributed by atoms with Gasteiger partial charge in [-0.3, -0.25) is 4.79 Å². The highest BCUT2D eigenvalue weighted by Crippen LogP contribution is 2.31. The van der Waals surface area contributed by atoms with Crippen molar-refractivity contribution < 1.29 is 4.79 Å². The highest BCUT2D eigenvalue weighted by molar-refractivity contribution is 5.87. The lowest BCUT2D eigenvalue weighted by Crippen LogP contribution is -2.43. The number of nitrogens with zero attached hydrogens (tertiary/aromatic N) is 1. The number of amides is 1. The average Bonchev–Trinajstić information content (AvgIpc) is 2.99. The normalized spacial score (nSPS) is 26.5. The Balaban J connectivity index is 1.77. The van der Waals surface area contributed by atoms with E-state index >= 15 is 0 Å². The van der Waals surface area contributed by atoms with Crippen LogP contribution in [-0.4, -0.2) is 36.5 Å². The third kappa shape index (κ3) is 2.16. The lowest BCUT2D eigenvalue weighted by molar-refractivity contribution is -0.135. The summed E-state index contributed by atoms with van der Waals surface area (Å²) in [7, 11) is 0. The third-order valence-corrected chi connectivity index (χ3v) is 4.68. The predicted octanol–water partition coefficient (Wildman–Crippen LogP) is 1.78. The Labute approximate surface area is 115 Å². The van der Waals surface area contributed by atoms with Crippen LogP contribution < -0.4 is 5.32 Å². The molecule has 1 aromatic carbocycles. The highest BCUT2D eigenvalue weighted by Gasteiger charge is 2.42. The second-order valence-electron chi connectivity index (χ2n) is 6.31. The van der Waals surface area contributed by atoms with Crippen molar-refractivity contribution in [1.29, 1.82) is 0 Å². The van der Waals surface area contributed by atoms with Gasteiger partial charge in [-0.25, -0.2) is 0 Å². The molecular weight excluding hydrogens is 236 g/mol. The molecular formula is C16H22N2O. The number of nitrogens with one attached hydrogen (secondary N) is 1. The van der Waals surface area contributed by atoms with E-state index in [0.717, 1.165) is 25.2 Å². The van der Waals surface area contributed by atoms with Crippen molar-refractivity contribution in [1.82, 2.24) is 10.2 Å². The Hall–Kier alpha value is -1.35. The lowest BCUT2D eigenvalue weighted by atomic mass is 9.83. The molecule has 0 aliphatic carbocycles. The van der Waals surface area contributed by atoms with Crippen LogP contribution in [0.5, 0.6) is 0 Å². The Bertz CT molecular complexity index is 457. The summed E-state index contributed by atoms with van der Waals surface area (Å²) in [6.45, 7) is 6.98. The van der Waals surface area contributed by atoms with Crippen LogP contribution in [0.1, 0.15) is 25.8 Å². The second-order valence-corrected chi connectivity index (χ2v) is 6.31. The van der Waals surface area contributed by atoms with Crippen molar-refractivity contribution in [2.24, 2.45) is 5.92 Å². The van der Waals surface area contributed by atoms with E-state index in [0.29, 0.717) is 12.0 Å². The van der Waals surface area contributed by atoms with E-state index in [1.807, 2.05) is 44.2 Å². The SMILES string of the molecule is CC(C)(C(=O)N1C[C@@H]2CCN[C@@H]2C1)c1ccccc1. The molecule has 0 saturated carbocycles. The van der Waals surface area contributed by atoms with E-state index in [1.165, 1.54) is 6.42 Å². The van der Waals surface area contributed by atoms with Gasteiger partial charge in [-0.15, -0.1) is 0 Å². The fraction of sp³-hybridized carbons (Fsp3) is 0.562. The molecule has 2 aliphatic rings. The Morgan fingerprint density at radius 2 is 2.00 bits per heavy atom. The van der Waals surface area contributed by atoms with Crippen LogP contribution in [-0.2, 0) is 10.2 Å². The number of carbonyl (C=O) groups is 1. The molecule has 102 valence electrons. The van der Waals surface area contributed by atoms with Gasteiger partial charge >= 0.3 is 0 Å². The quantitative estimate of drug-likeness (QED) is 0.877. The van der Waals surface area contributed by atoms with E-state index in [4.69, 9.17) is 0 Å². The standard InChI is InChI=1S/C16H22N2O/c1-16(2,13-6-4-3-5-7-13)15(19)18-10-12-8-9-17-14(12)11-18/h3-7,12,14,17H,8-11H2,1-2H3/t12-,14+/m0/s1. The smallest absolute Gasteiger partial charge is 0.232 e. The molecule has 19 heavy (non-hydrogen) atoms. The number of likely N-dealkylation sites (tertiary alicyclic amines) is 1. The summed E-state index contributed by atoms with van der Waals surface area (Å²) < 4.78 is 0. The van der Waals surface area contributed by atoms with Gasteiger partial charge in [0.2, 0.25) is 5.91 Å². The molecule has 2 atom stereocenters. The largest absolute Gasteiger partial charge is 0.340 e. The van der Waals surface area contributed by atoms with Crippen LogP contribution in [0.2, 0.25) is 0 Å². The predicted molar refractivity (Wildman–Crippen MR) is 75.9 cm³/mol.